The molecule has 2 atom stereocenters. The zero-order valence-corrected chi connectivity index (χ0v) is 22.1. The van der Waals surface area contributed by atoms with E-state index in [2.05, 4.69) is 41.6 Å². The number of carbonyl (C=O) groups excluding carboxylic acids is 1. The first-order valence-corrected chi connectivity index (χ1v) is 13.2. The standard InChI is InChI=1S/C29H36N4O4/c1-17-8-9-19(20-10-11-22(26(17)20)30-28(36)29(2)12-6-5-7-13-29)21(16-25(34)35)18-14-23-27(24(15-18)37-4)33(3)32-31-23/h8-9,14-15,21-22H,5-7,10-13,16H2,1-4H3,(H,30,36)(H,34,35). The van der Waals surface area contributed by atoms with E-state index in [1.54, 1.807) is 18.8 Å². The average molecular weight is 505 g/mol. The number of hydrogen-bond acceptors (Lipinski definition) is 5. The second kappa shape index (κ2) is 9.80. The fourth-order valence-electron chi connectivity index (χ4n) is 6.47. The average Bonchev–Trinajstić information content (AvgIpc) is 3.47. The third-order valence-corrected chi connectivity index (χ3v) is 8.52. The molecule has 8 nitrogen and oxygen atoms in total. The number of aromatic nitrogens is 3. The lowest BCUT2D eigenvalue weighted by atomic mass is 9.75. The highest BCUT2D eigenvalue weighted by Gasteiger charge is 2.38. The summed E-state index contributed by atoms with van der Waals surface area (Å²) < 4.78 is 7.30. The van der Waals surface area contributed by atoms with Crippen LogP contribution in [0.15, 0.2) is 24.3 Å². The Hall–Kier alpha value is -3.42. The molecule has 1 saturated carbocycles. The minimum absolute atomic E-state index is 0.0521. The van der Waals surface area contributed by atoms with E-state index in [-0.39, 0.29) is 29.7 Å². The predicted molar refractivity (Wildman–Crippen MR) is 141 cm³/mol. The zero-order chi connectivity index (χ0) is 26.3. The van der Waals surface area contributed by atoms with Crippen molar-refractivity contribution in [3.63, 3.8) is 0 Å². The molecule has 0 bridgehead atoms. The highest BCUT2D eigenvalue weighted by molar-refractivity contribution is 5.84. The lowest BCUT2D eigenvalue weighted by Crippen LogP contribution is -2.41. The molecule has 1 heterocycles. The van der Waals surface area contributed by atoms with Crippen molar-refractivity contribution < 1.29 is 19.4 Å². The van der Waals surface area contributed by atoms with Gasteiger partial charge in [0.15, 0.2) is 0 Å². The Morgan fingerprint density at radius 2 is 2.00 bits per heavy atom. The summed E-state index contributed by atoms with van der Waals surface area (Å²) in [5.41, 5.74) is 6.40. The van der Waals surface area contributed by atoms with E-state index in [1.807, 2.05) is 12.1 Å². The van der Waals surface area contributed by atoms with E-state index in [0.717, 1.165) is 71.9 Å². The SMILES string of the molecule is COc1cc(C(CC(=O)O)c2ccc(C)c3c2CCC3NC(=O)C2(C)CCCCC2)cc2nnn(C)c12. The highest BCUT2D eigenvalue weighted by atomic mass is 16.5. The number of hydrogen-bond donors (Lipinski definition) is 2. The van der Waals surface area contributed by atoms with Crippen LogP contribution >= 0.6 is 0 Å². The Kier molecular flexibility index (Phi) is 6.68. The van der Waals surface area contributed by atoms with E-state index in [9.17, 15) is 14.7 Å². The maximum absolute atomic E-state index is 13.4. The molecule has 0 aliphatic heterocycles. The van der Waals surface area contributed by atoms with Crippen molar-refractivity contribution in [1.82, 2.24) is 20.3 Å². The van der Waals surface area contributed by atoms with E-state index in [4.69, 9.17) is 4.74 Å². The molecule has 2 aromatic carbocycles. The van der Waals surface area contributed by atoms with Crippen molar-refractivity contribution in [2.45, 2.75) is 77.2 Å². The van der Waals surface area contributed by atoms with Gasteiger partial charge in [0.25, 0.3) is 0 Å². The van der Waals surface area contributed by atoms with Crippen LogP contribution in [0.1, 0.15) is 91.6 Å². The number of rotatable bonds is 7. The van der Waals surface area contributed by atoms with Gasteiger partial charge in [-0.15, -0.1) is 5.10 Å². The smallest absolute Gasteiger partial charge is 0.304 e. The van der Waals surface area contributed by atoms with Gasteiger partial charge < -0.3 is 15.2 Å². The number of aryl methyl sites for hydroxylation is 2. The van der Waals surface area contributed by atoms with Gasteiger partial charge in [-0.3, -0.25) is 9.59 Å². The van der Waals surface area contributed by atoms with Crippen molar-refractivity contribution in [1.29, 1.82) is 0 Å². The Balaban J connectivity index is 1.54. The van der Waals surface area contributed by atoms with Crippen LogP contribution in [0.2, 0.25) is 0 Å². The first-order chi connectivity index (χ1) is 17.7. The number of amides is 1. The Bertz CT molecular complexity index is 1360. The van der Waals surface area contributed by atoms with Gasteiger partial charge in [0.1, 0.15) is 16.8 Å². The van der Waals surface area contributed by atoms with E-state index < -0.39 is 5.97 Å². The largest absolute Gasteiger partial charge is 0.494 e. The molecule has 1 aromatic heterocycles. The second-order valence-electron chi connectivity index (χ2n) is 11.0. The minimum atomic E-state index is -0.870. The van der Waals surface area contributed by atoms with Crippen LogP contribution in [-0.2, 0) is 23.1 Å². The Morgan fingerprint density at radius 1 is 1.24 bits per heavy atom. The van der Waals surface area contributed by atoms with Crippen molar-refractivity contribution in [2.75, 3.05) is 7.11 Å². The molecule has 2 aliphatic carbocycles. The zero-order valence-electron chi connectivity index (χ0n) is 22.1. The van der Waals surface area contributed by atoms with Crippen LogP contribution in [0.25, 0.3) is 11.0 Å². The molecule has 5 rings (SSSR count). The molecule has 196 valence electrons. The van der Waals surface area contributed by atoms with Gasteiger partial charge in [0.05, 0.1) is 19.6 Å². The van der Waals surface area contributed by atoms with Gasteiger partial charge in [-0.25, -0.2) is 4.68 Å². The van der Waals surface area contributed by atoms with Crippen LogP contribution in [0.4, 0.5) is 0 Å². The lowest BCUT2D eigenvalue weighted by Gasteiger charge is -2.33. The summed E-state index contributed by atoms with van der Waals surface area (Å²) in [4.78, 5) is 25.4. The maximum Gasteiger partial charge on any atom is 0.304 e. The van der Waals surface area contributed by atoms with Gasteiger partial charge >= 0.3 is 5.97 Å². The highest BCUT2D eigenvalue weighted by Crippen LogP contribution is 2.44. The Morgan fingerprint density at radius 3 is 2.70 bits per heavy atom. The summed E-state index contributed by atoms with van der Waals surface area (Å²) in [6, 6.07) is 7.89. The molecule has 2 aliphatic rings. The van der Waals surface area contributed by atoms with Gasteiger partial charge in [-0.2, -0.15) is 0 Å². The number of aliphatic carboxylic acids is 1. The first-order valence-electron chi connectivity index (χ1n) is 13.2. The van der Waals surface area contributed by atoms with Crippen molar-refractivity contribution in [3.8, 4) is 5.75 Å². The van der Waals surface area contributed by atoms with Crippen molar-refractivity contribution in [2.24, 2.45) is 12.5 Å². The Labute approximate surface area is 217 Å². The molecule has 37 heavy (non-hydrogen) atoms. The van der Waals surface area contributed by atoms with Crippen LogP contribution in [0, 0.1) is 12.3 Å². The quantitative estimate of drug-likeness (QED) is 0.471. The topological polar surface area (TPSA) is 106 Å². The lowest BCUT2D eigenvalue weighted by molar-refractivity contribution is -0.137. The number of ether oxygens (including phenoxy) is 1. The van der Waals surface area contributed by atoms with Crippen LogP contribution < -0.4 is 10.1 Å². The number of methoxy groups -OCH3 is 1. The van der Waals surface area contributed by atoms with E-state index in [1.165, 1.54) is 6.42 Å². The molecule has 0 spiro atoms. The van der Waals surface area contributed by atoms with Crippen LogP contribution in [0.3, 0.4) is 0 Å². The number of nitrogens with one attached hydrogen (secondary N) is 1. The fourth-order valence-corrected chi connectivity index (χ4v) is 6.47. The number of carboxylic acids is 1. The molecule has 0 radical (unpaired) electrons. The summed E-state index contributed by atoms with van der Waals surface area (Å²) in [5.74, 6) is -0.483. The number of fused-ring (bicyclic) bond motifs is 2. The van der Waals surface area contributed by atoms with Gasteiger partial charge in [-0.05, 0) is 72.6 Å². The summed E-state index contributed by atoms with van der Waals surface area (Å²) >= 11 is 0. The predicted octanol–water partition coefficient (Wildman–Crippen LogP) is 4.97. The molecule has 1 fully saturated rings. The van der Waals surface area contributed by atoms with Crippen molar-refractivity contribution in [3.05, 3.63) is 52.1 Å². The molecule has 2 unspecified atom stereocenters. The summed E-state index contributed by atoms with van der Waals surface area (Å²) in [6.07, 6.45) is 6.84. The molecule has 8 heteroatoms. The summed E-state index contributed by atoms with van der Waals surface area (Å²) in [7, 11) is 3.41. The molecule has 1 amide bonds. The number of carboxylic acid groups (broad SMARTS) is 1. The molecule has 0 saturated heterocycles. The van der Waals surface area contributed by atoms with Crippen LogP contribution in [-0.4, -0.2) is 39.1 Å². The summed E-state index contributed by atoms with van der Waals surface area (Å²) in [6.45, 7) is 4.18. The fraction of sp³-hybridized carbons (Fsp3) is 0.517. The van der Waals surface area contributed by atoms with E-state index >= 15 is 0 Å². The number of carbonyl (C=O) groups is 2. The normalized spacial score (nSPS) is 19.4. The van der Waals surface area contributed by atoms with Gasteiger partial charge in [-0.1, -0.05) is 43.5 Å². The van der Waals surface area contributed by atoms with Gasteiger partial charge in [0, 0.05) is 18.4 Å². The van der Waals surface area contributed by atoms with E-state index in [0.29, 0.717) is 11.3 Å². The molecule has 3 aromatic rings. The monoisotopic (exact) mass is 504 g/mol. The minimum Gasteiger partial charge on any atom is -0.494 e. The first kappa shape index (κ1) is 25.2. The second-order valence-corrected chi connectivity index (χ2v) is 11.0. The maximum atomic E-state index is 13.4. The van der Waals surface area contributed by atoms with Crippen molar-refractivity contribution >= 4 is 22.9 Å². The third kappa shape index (κ3) is 4.58. The third-order valence-electron chi connectivity index (χ3n) is 8.52. The number of nitrogens with zero attached hydrogens (tertiary/aromatic N) is 3. The number of benzene rings is 2. The molecule has 2 N–H and O–H groups in total. The molecular weight excluding hydrogens is 468 g/mol. The molecular formula is C29H36N4O4. The van der Waals surface area contributed by atoms with Crippen LogP contribution in [0.5, 0.6) is 5.75 Å². The summed E-state index contributed by atoms with van der Waals surface area (Å²) in [5, 5.41) is 21.6. The van der Waals surface area contributed by atoms with Gasteiger partial charge in [0.2, 0.25) is 5.91 Å².